The molecule has 2 rings (SSSR count). The summed E-state index contributed by atoms with van der Waals surface area (Å²) in [5.74, 6) is -0.855. The van der Waals surface area contributed by atoms with Crippen molar-refractivity contribution >= 4 is 17.7 Å². The maximum Gasteiger partial charge on any atom is 0.414 e. The van der Waals surface area contributed by atoms with E-state index in [1.807, 2.05) is 18.2 Å². The Morgan fingerprint density at radius 2 is 1.81 bits per heavy atom. The predicted octanol–water partition coefficient (Wildman–Crippen LogP) is 3.29. The Labute approximate surface area is 124 Å². The Balaban J connectivity index is 2.23. The lowest BCUT2D eigenvalue weighted by molar-refractivity contribution is -0.142. The molecule has 0 atom stereocenters. The first kappa shape index (κ1) is 15.4. The van der Waals surface area contributed by atoms with E-state index in [0.717, 1.165) is 0 Å². The number of carboxylic acid groups (broad SMARTS) is 1. The molecule has 1 aliphatic rings. The molecule has 1 amide bonds. The van der Waals surface area contributed by atoms with Gasteiger partial charge in [0.2, 0.25) is 0 Å². The van der Waals surface area contributed by atoms with Crippen LogP contribution in [0.25, 0.3) is 0 Å². The molecular weight excluding hydrogens is 270 g/mol. The van der Waals surface area contributed by atoms with Gasteiger partial charge < -0.3 is 9.84 Å². The number of rotatable bonds is 4. The molecule has 0 saturated heterocycles. The molecule has 1 N–H and O–H groups in total. The van der Waals surface area contributed by atoms with Crippen LogP contribution in [0.1, 0.15) is 33.6 Å². The largest absolute Gasteiger partial charge is 0.481 e. The third-order valence-corrected chi connectivity index (χ3v) is 3.45. The molecule has 1 fully saturated rings. The van der Waals surface area contributed by atoms with Crippen LogP contribution in [0.3, 0.4) is 0 Å². The molecule has 21 heavy (non-hydrogen) atoms. The van der Waals surface area contributed by atoms with Gasteiger partial charge in [0.25, 0.3) is 0 Å². The smallest absolute Gasteiger partial charge is 0.414 e. The third-order valence-electron chi connectivity index (χ3n) is 3.45. The number of para-hydroxylation sites is 1. The lowest BCUT2D eigenvalue weighted by Gasteiger charge is -2.29. The maximum absolute atomic E-state index is 12.4. The Hall–Kier alpha value is -2.04. The van der Waals surface area contributed by atoms with Gasteiger partial charge in [-0.05, 0) is 45.7 Å². The number of carboxylic acids is 1. The van der Waals surface area contributed by atoms with E-state index >= 15 is 0 Å². The van der Waals surface area contributed by atoms with Crippen molar-refractivity contribution in [1.82, 2.24) is 0 Å². The Kier molecular flexibility index (Phi) is 3.94. The molecule has 0 aliphatic heterocycles. The van der Waals surface area contributed by atoms with Crippen LogP contribution in [0, 0.1) is 5.41 Å². The van der Waals surface area contributed by atoms with Crippen molar-refractivity contribution in [1.29, 1.82) is 0 Å². The summed E-state index contributed by atoms with van der Waals surface area (Å²) >= 11 is 0. The third kappa shape index (κ3) is 3.74. The Bertz CT molecular complexity index is 529. The van der Waals surface area contributed by atoms with E-state index in [9.17, 15) is 14.7 Å². The quantitative estimate of drug-likeness (QED) is 0.924. The van der Waals surface area contributed by atoms with Crippen LogP contribution >= 0.6 is 0 Å². The van der Waals surface area contributed by atoms with Crippen LogP contribution in [0.5, 0.6) is 0 Å². The highest BCUT2D eigenvalue weighted by molar-refractivity contribution is 5.90. The highest BCUT2D eigenvalue weighted by atomic mass is 16.6. The second kappa shape index (κ2) is 5.39. The zero-order valence-electron chi connectivity index (χ0n) is 12.6. The number of nitrogens with zero attached hydrogens (tertiary/aromatic N) is 1. The van der Waals surface area contributed by atoms with Gasteiger partial charge in [0.1, 0.15) is 5.60 Å². The zero-order chi connectivity index (χ0) is 15.7. The van der Waals surface area contributed by atoms with Crippen LogP contribution in [0.15, 0.2) is 30.3 Å². The van der Waals surface area contributed by atoms with Crippen LogP contribution in [-0.4, -0.2) is 29.3 Å². The highest BCUT2D eigenvalue weighted by Gasteiger charge is 2.52. The van der Waals surface area contributed by atoms with Gasteiger partial charge in [0.15, 0.2) is 0 Å². The van der Waals surface area contributed by atoms with Gasteiger partial charge in [0, 0.05) is 12.2 Å². The number of aliphatic carboxylic acids is 1. The fourth-order valence-electron chi connectivity index (χ4n) is 2.08. The van der Waals surface area contributed by atoms with E-state index in [1.54, 1.807) is 32.9 Å². The van der Waals surface area contributed by atoms with Crippen LogP contribution in [0.2, 0.25) is 0 Å². The second-order valence-corrected chi connectivity index (χ2v) is 6.49. The fraction of sp³-hybridized carbons (Fsp3) is 0.500. The molecule has 0 heterocycles. The van der Waals surface area contributed by atoms with Crippen molar-refractivity contribution in [2.75, 3.05) is 11.4 Å². The lowest BCUT2D eigenvalue weighted by Crippen LogP contribution is -2.42. The van der Waals surface area contributed by atoms with Crippen molar-refractivity contribution in [3.05, 3.63) is 30.3 Å². The molecule has 0 unspecified atom stereocenters. The minimum absolute atomic E-state index is 0.140. The van der Waals surface area contributed by atoms with Gasteiger partial charge in [-0.3, -0.25) is 9.69 Å². The van der Waals surface area contributed by atoms with Crippen molar-refractivity contribution in [2.45, 2.75) is 39.2 Å². The normalized spacial score (nSPS) is 16.1. The predicted molar refractivity (Wildman–Crippen MR) is 79.3 cm³/mol. The number of carbonyl (C=O) groups is 2. The summed E-state index contributed by atoms with van der Waals surface area (Å²) in [4.78, 5) is 25.2. The molecule has 114 valence electrons. The van der Waals surface area contributed by atoms with E-state index in [-0.39, 0.29) is 6.54 Å². The molecule has 0 spiro atoms. The molecule has 0 bridgehead atoms. The average molecular weight is 291 g/mol. The topological polar surface area (TPSA) is 66.8 Å². The van der Waals surface area contributed by atoms with Crippen LogP contribution < -0.4 is 4.90 Å². The first-order valence-corrected chi connectivity index (χ1v) is 7.02. The maximum atomic E-state index is 12.4. The first-order valence-electron chi connectivity index (χ1n) is 7.02. The minimum Gasteiger partial charge on any atom is -0.481 e. The Morgan fingerprint density at radius 3 is 2.24 bits per heavy atom. The first-order chi connectivity index (χ1) is 9.73. The zero-order valence-corrected chi connectivity index (χ0v) is 12.6. The number of hydrogen-bond donors (Lipinski definition) is 1. The number of hydrogen-bond acceptors (Lipinski definition) is 3. The van der Waals surface area contributed by atoms with Crippen LogP contribution in [-0.2, 0) is 9.53 Å². The van der Waals surface area contributed by atoms with Crippen molar-refractivity contribution in [3.63, 3.8) is 0 Å². The number of ether oxygens (including phenoxy) is 1. The summed E-state index contributed by atoms with van der Waals surface area (Å²) in [6.45, 7) is 5.51. The van der Waals surface area contributed by atoms with Gasteiger partial charge in [-0.25, -0.2) is 4.79 Å². The van der Waals surface area contributed by atoms with Crippen molar-refractivity contribution in [3.8, 4) is 0 Å². The summed E-state index contributed by atoms with van der Waals surface area (Å²) in [7, 11) is 0. The summed E-state index contributed by atoms with van der Waals surface area (Å²) in [5, 5.41) is 9.34. The summed E-state index contributed by atoms with van der Waals surface area (Å²) in [5.41, 5.74) is -0.796. The van der Waals surface area contributed by atoms with Crippen LogP contribution in [0.4, 0.5) is 10.5 Å². The van der Waals surface area contributed by atoms with E-state index in [4.69, 9.17) is 4.74 Å². The number of carbonyl (C=O) groups excluding carboxylic acids is 1. The van der Waals surface area contributed by atoms with Gasteiger partial charge >= 0.3 is 12.1 Å². The van der Waals surface area contributed by atoms with E-state index in [0.29, 0.717) is 18.5 Å². The van der Waals surface area contributed by atoms with Gasteiger partial charge in [-0.1, -0.05) is 18.2 Å². The Morgan fingerprint density at radius 1 is 1.24 bits per heavy atom. The number of anilines is 1. The molecule has 1 aromatic rings. The molecule has 1 aliphatic carbocycles. The second-order valence-electron chi connectivity index (χ2n) is 6.49. The van der Waals surface area contributed by atoms with Gasteiger partial charge in [-0.2, -0.15) is 0 Å². The molecule has 1 saturated carbocycles. The average Bonchev–Trinajstić information content (AvgIpc) is 3.16. The minimum atomic E-state index is -0.855. The molecule has 5 nitrogen and oxygen atoms in total. The molecular formula is C16H21NO4. The SMILES string of the molecule is CC(C)(C)OC(=O)N(CC1(C(=O)O)CC1)c1ccccc1. The van der Waals surface area contributed by atoms with Gasteiger partial charge in [-0.15, -0.1) is 0 Å². The number of amides is 1. The summed E-state index contributed by atoms with van der Waals surface area (Å²) in [6, 6.07) is 9.03. The molecule has 5 heteroatoms. The van der Waals surface area contributed by atoms with E-state index < -0.39 is 23.1 Å². The monoisotopic (exact) mass is 291 g/mol. The fourth-order valence-corrected chi connectivity index (χ4v) is 2.08. The lowest BCUT2D eigenvalue weighted by atomic mass is 10.1. The van der Waals surface area contributed by atoms with Gasteiger partial charge in [0.05, 0.1) is 5.41 Å². The summed E-state index contributed by atoms with van der Waals surface area (Å²) < 4.78 is 5.40. The number of benzene rings is 1. The standard InChI is InChI=1S/C16H21NO4/c1-15(2,3)21-14(20)17(12-7-5-4-6-8-12)11-16(9-10-16)13(18)19/h4-8H,9-11H2,1-3H3,(H,18,19). The molecule has 0 radical (unpaired) electrons. The van der Waals surface area contributed by atoms with Crippen molar-refractivity contribution in [2.24, 2.45) is 5.41 Å². The van der Waals surface area contributed by atoms with E-state index in [1.165, 1.54) is 4.90 Å². The summed E-state index contributed by atoms with van der Waals surface area (Å²) in [6.07, 6.45) is 0.671. The van der Waals surface area contributed by atoms with Crippen molar-refractivity contribution < 1.29 is 19.4 Å². The highest BCUT2D eigenvalue weighted by Crippen LogP contribution is 2.47. The molecule has 0 aromatic heterocycles. The molecule has 1 aromatic carbocycles. The van der Waals surface area contributed by atoms with E-state index in [2.05, 4.69) is 0 Å².